The third-order valence-corrected chi connectivity index (χ3v) is 1.68. The quantitative estimate of drug-likeness (QED) is 0.522. The van der Waals surface area contributed by atoms with Crippen LogP contribution >= 0.6 is 12.2 Å². The van der Waals surface area contributed by atoms with E-state index in [1.165, 1.54) is 6.08 Å². The number of thiocarbonyl (C=S) groups is 1. The molecule has 2 unspecified atom stereocenters. The van der Waals surface area contributed by atoms with Crippen molar-refractivity contribution < 1.29 is 14.6 Å². The van der Waals surface area contributed by atoms with Crippen molar-refractivity contribution in [2.75, 3.05) is 6.61 Å². The van der Waals surface area contributed by atoms with E-state index in [0.29, 0.717) is 13.0 Å². The Balaban J connectivity index is 2.31. The fourth-order valence-electron chi connectivity index (χ4n) is 0.955. The van der Waals surface area contributed by atoms with Crippen LogP contribution in [-0.4, -0.2) is 29.2 Å². The van der Waals surface area contributed by atoms with Crippen molar-refractivity contribution in [1.29, 1.82) is 0 Å². The predicted molar refractivity (Wildman–Crippen MR) is 47.8 cm³/mol. The molecular weight excluding hydrogens is 176 g/mol. The van der Waals surface area contributed by atoms with Gasteiger partial charge < -0.3 is 14.6 Å². The van der Waals surface area contributed by atoms with Gasteiger partial charge in [0.1, 0.15) is 12.7 Å². The third kappa shape index (κ3) is 2.66. The summed E-state index contributed by atoms with van der Waals surface area (Å²) in [4.78, 5) is 0. The summed E-state index contributed by atoms with van der Waals surface area (Å²) >= 11 is 4.65. The van der Waals surface area contributed by atoms with Crippen LogP contribution in [0.4, 0.5) is 0 Å². The first-order valence-corrected chi connectivity index (χ1v) is 4.00. The minimum Gasteiger partial charge on any atom is -0.453 e. The van der Waals surface area contributed by atoms with Crippen LogP contribution in [0.5, 0.6) is 0 Å². The van der Waals surface area contributed by atoms with Crippen molar-refractivity contribution in [3.63, 3.8) is 0 Å². The number of hydrogen-bond acceptors (Lipinski definition) is 4. The highest BCUT2D eigenvalue weighted by molar-refractivity contribution is 7.79. The zero-order valence-electron chi connectivity index (χ0n) is 6.53. The minimum atomic E-state index is -0.586. The van der Waals surface area contributed by atoms with E-state index >= 15 is 0 Å². The summed E-state index contributed by atoms with van der Waals surface area (Å²) < 4.78 is 9.95. The van der Waals surface area contributed by atoms with Crippen molar-refractivity contribution in [1.82, 2.24) is 0 Å². The smallest absolute Gasteiger partial charge is 0.352 e. The van der Waals surface area contributed by atoms with Gasteiger partial charge in [-0.05, 0) is 6.08 Å². The van der Waals surface area contributed by atoms with Gasteiger partial charge in [-0.15, -0.1) is 5.73 Å². The number of aliphatic hydroxyl groups is 1. The summed E-state index contributed by atoms with van der Waals surface area (Å²) in [5.41, 5.74) is 2.50. The molecule has 0 aromatic rings. The van der Waals surface area contributed by atoms with Gasteiger partial charge in [-0.1, -0.05) is 6.58 Å². The van der Waals surface area contributed by atoms with Crippen LogP contribution in [0.15, 0.2) is 18.4 Å². The molecule has 0 amide bonds. The molecule has 1 saturated heterocycles. The zero-order valence-corrected chi connectivity index (χ0v) is 7.34. The lowest BCUT2D eigenvalue weighted by Crippen LogP contribution is -2.17. The first-order chi connectivity index (χ1) is 5.72. The van der Waals surface area contributed by atoms with Crippen LogP contribution in [0, 0.1) is 0 Å². The number of aliphatic hydroxyl groups excluding tert-OH is 1. The van der Waals surface area contributed by atoms with Crippen molar-refractivity contribution in [2.24, 2.45) is 0 Å². The Bertz CT molecular complexity index is 220. The van der Waals surface area contributed by atoms with E-state index in [1.807, 2.05) is 0 Å². The molecule has 1 heterocycles. The van der Waals surface area contributed by atoms with Crippen molar-refractivity contribution in [3.8, 4) is 0 Å². The van der Waals surface area contributed by atoms with Crippen LogP contribution in [-0.2, 0) is 9.47 Å². The minimum absolute atomic E-state index is 0.142. The van der Waals surface area contributed by atoms with E-state index < -0.39 is 6.10 Å². The summed E-state index contributed by atoms with van der Waals surface area (Å²) in [6, 6.07) is 0. The van der Waals surface area contributed by atoms with Crippen LogP contribution < -0.4 is 0 Å². The molecule has 0 radical (unpaired) electrons. The van der Waals surface area contributed by atoms with Gasteiger partial charge in [-0.25, -0.2) is 0 Å². The van der Waals surface area contributed by atoms with Gasteiger partial charge in [-0.3, -0.25) is 0 Å². The van der Waals surface area contributed by atoms with Gasteiger partial charge in [0.25, 0.3) is 0 Å². The average molecular weight is 186 g/mol. The Morgan fingerprint density at radius 1 is 1.92 bits per heavy atom. The molecular formula is C8H10O3S. The second-order valence-corrected chi connectivity index (χ2v) is 2.81. The Kier molecular flexibility index (Phi) is 3.29. The maximum Gasteiger partial charge on any atom is 0.352 e. The summed E-state index contributed by atoms with van der Waals surface area (Å²) in [5.74, 6) is 0. The molecule has 0 spiro atoms. The second-order valence-electron chi connectivity index (χ2n) is 2.47. The molecule has 1 aliphatic rings. The van der Waals surface area contributed by atoms with Gasteiger partial charge in [0.2, 0.25) is 0 Å². The lowest BCUT2D eigenvalue weighted by atomic mass is 10.1. The topological polar surface area (TPSA) is 38.7 Å². The lowest BCUT2D eigenvalue weighted by molar-refractivity contribution is 0.133. The summed E-state index contributed by atoms with van der Waals surface area (Å²) in [7, 11) is 0. The molecule has 66 valence electrons. The molecule has 1 N–H and O–H groups in total. The highest BCUT2D eigenvalue weighted by Gasteiger charge is 2.23. The number of hydrogen-bond donors (Lipinski definition) is 1. The number of ether oxygens (including phenoxy) is 2. The highest BCUT2D eigenvalue weighted by Crippen LogP contribution is 2.12. The van der Waals surface area contributed by atoms with Gasteiger partial charge in [0, 0.05) is 18.6 Å². The molecule has 1 rings (SSSR count). The van der Waals surface area contributed by atoms with Crippen molar-refractivity contribution in [3.05, 3.63) is 18.4 Å². The highest BCUT2D eigenvalue weighted by atomic mass is 32.1. The molecule has 0 aromatic carbocycles. The van der Waals surface area contributed by atoms with Gasteiger partial charge >= 0.3 is 5.24 Å². The summed E-state index contributed by atoms with van der Waals surface area (Å²) in [6.45, 7) is 3.77. The fraction of sp³-hybridized carbons (Fsp3) is 0.500. The average Bonchev–Trinajstić information content (AvgIpc) is 2.36. The Labute approximate surface area is 76.3 Å². The fourth-order valence-corrected chi connectivity index (χ4v) is 1.16. The maximum absolute atomic E-state index is 9.26. The molecule has 1 fully saturated rings. The van der Waals surface area contributed by atoms with Crippen molar-refractivity contribution in [2.45, 2.75) is 18.6 Å². The maximum atomic E-state index is 9.26. The van der Waals surface area contributed by atoms with Crippen LogP contribution in [0.25, 0.3) is 0 Å². The standard InChI is InChI=1S/C8H10O3S/c1-2-3-6(9)4-7-5-10-8(12)11-7/h3,6-7,9H,1,4-5H2. The molecule has 4 heteroatoms. The van der Waals surface area contributed by atoms with Crippen LogP contribution in [0.3, 0.4) is 0 Å². The summed E-state index contributed by atoms with van der Waals surface area (Å²) in [6.07, 6.45) is 1.21. The molecule has 3 nitrogen and oxygen atoms in total. The monoisotopic (exact) mass is 186 g/mol. The van der Waals surface area contributed by atoms with Gasteiger partial charge in [0.05, 0.1) is 6.10 Å². The second kappa shape index (κ2) is 4.26. The molecule has 0 bridgehead atoms. The van der Waals surface area contributed by atoms with E-state index in [-0.39, 0.29) is 11.3 Å². The molecule has 0 aliphatic carbocycles. The predicted octanol–water partition coefficient (Wildman–Crippen LogP) is 0.779. The lowest BCUT2D eigenvalue weighted by Gasteiger charge is -2.08. The SMILES string of the molecule is C=C=CC(O)CC1COC(=S)O1. The normalized spacial score (nSPS) is 23.8. The van der Waals surface area contributed by atoms with Crippen LogP contribution in [0.1, 0.15) is 6.42 Å². The first kappa shape index (κ1) is 9.26. The van der Waals surface area contributed by atoms with E-state index in [0.717, 1.165) is 0 Å². The zero-order chi connectivity index (χ0) is 8.97. The van der Waals surface area contributed by atoms with Crippen LogP contribution in [0.2, 0.25) is 0 Å². The molecule has 12 heavy (non-hydrogen) atoms. The van der Waals surface area contributed by atoms with E-state index in [1.54, 1.807) is 0 Å². The van der Waals surface area contributed by atoms with Gasteiger partial charge in [-0.2, -0.15) is 0 Å². The Morgan fingerprint density at radius 2 is 2.67 bits per heavy atom. The Hall–Kier alpha value is -0.830. The number of rotatable bonds is 3. The van der Waals surface area contributed by atoms with E-state index in [4.69, 9.17) is 9.47 Å². The van der Waals surface area contributed by atoms with E-state index in [2.05, 4.69) is 24.5 Å². The Morgan fingerprint density at radius 3 is 3.17 bits per heavy atom. The molecule has 0 saturated carbocycles. The molecule has 2 atom stereocenters. The molecule has 0 aromatic heterocycles. The van der Waals surface area contributed by atoms with E-state index in [9.17, 15) is 5.11 Å². The third-order valence-electron chi connectivity index (χ3n) is 1.46. The van der Waals surface area contributed by atoms with Gasteiger partial charge in [0.15, 0.2) is 0 Å². The largest absolute Gasteiger partial charge is 0.453 e. The molecule has 1 aliphatic heterocycles. The van der Waals surface area contributed by atoms with Crippen molar-refractivity contribution >= 4 is 17.5 Å². The first-order valence-electron chi connectivity index (χ1n) is 3.60. The summed E-state index contributed by atoms with van der Waals surface area (Å²) in [5, 5.41) is 9.42.